The topological polar surface area (TPSA) is 34.9 Å². The molecule has 0 bridgehead atoms. The van der Waals surface area contributed by atoms with Crippen LogP contribution in [-0.2, 0) is 6.54 Å². The molecule has 0 amide bonds. The van der Waals surface area contributed by atoms with Gasteiger partial charge in [0.05, 0.1) is 18.3 Å². The monoisotopic (exact) mass is 290 g/mol. The predicted molar refractivity (Wildman–Crippen MR) is 58.1 cm³/mol. The third-order valence-electron chi connectivity index (χ3n) is 2.48. The normalized spacial score (nSPS) is 11.7. The fourth-order valence-electron chi connectivity index (χ4n) is 1.56. The highest BCUT2D eigenvalue weighted by Gasteiger charge is 2.39. The van der Waals surface area contributed by atoms with Crippen LogP contribution in [0.2, 0.25) is 0 Å². The first-order valence-electron chi connectivity index (χ1n) is 5.35. The molecule has 3 nitrogen and oxygen atoms in total. The number of hydrogen-bond acceptors (Lipinski definition) is 2. The smallest absolute Gasteiger partial charge is 0.284 e. The van der Waals surface area contributed by atoms with Gasteiger partial charge >= 0.3 is 6.18 Å². The van der Waals surface area contributed by atoms with Gasteiger partial charge in [0.25, 0.3) is 5.78 Å². The van der Waals surface area contributed by atoms with Crippen LogP contribution in [0.15, 0.2) is 30.6 Å². The van der Waals surface area contributed by atoms with E-state index in [-0.39, 0.29) is 6.54 Å². The van der Waals surface area contributed by atoms with Crippen molar-refractivity contribution in [2.24, 2.45) is 0 Å². The number of halogens is 5. The molecular formula is C12H7F5N2O. The molecule has 2 rings (SSSR count). The lowest BCUT2D eigenvalue weighted by Gasteiger charge is -2.03. The van der Waals surface area contributed by atoms with Gasteiger partial charge in [-0.3, -0.25) is 9.48 Å². The summed E-state index contributed by atoms with van der Waals surface area (Å²) in [7, 11) is 0. The van der Waals surface area contributed by atoms with E-state index < -0.39 is 29.2 Å². The average Bonchev–Trinajstić information content (AvgIpc) is 2.80. The Morgan fingerprint density at radius 3 is 2.50 bits per heavy atom. The zero-order valence-electron chi connectivity index (χ0n) is 9.79. The Labute approximate surface area is 109 Å². The van der Waals surface area contributed by atoms with Crippen LogP contribution in [0.5, 0.6) is 0 Å². The lowest BCUT2D eigenvalue weighted by atomic mass is 10.2. The summed E-state index contributed by atoms with van der Waals surface area (Å²) < 4.78 is 63.3. The summed E-state index contributed by atoms with van der Waals surface area (Å²) in [5.74, 6) is -4.10. The van der Waals surface area contributed by atoms with Crippen molar-refractivity contribution in [2.45, 2.75) is 12.7 Å². The predicted octanol–water partition coefficient (Wildman–Crippen LogP) is 2.95. The molecule has 0 saturated carbocycles. The Kier molecular flexibility index (Phi) is 3.56. The van der Waals surface area contributed by atoms with E-state index in [1.807, 2.05) is 0 Å². The molecule has 0 spiro atoms. The summed E-state index contributed by atoms with van der Waals surface area (Å²) in [5, 5.41) is 3.58. The van der Waals surface area contributed by atoms with Crippen LogP contribution in [0, 0.1) is 11.6 Å². The van der Waals surface area contributed by atoms with Gasteiger partial charge in [-0.25, -0.2) is 8.78 Å². The van der Waals surface area contributed by atoms with Gasteiger partial charge in [-0.1, -0.05) is 6.07 Å². The second-order valence-electron chi connectivity index (χ2n) is 4.00. The van der Waals surface area contributed by atoms with Crippen molar-refractivity contribution in [3.05, 3.63) is 53.4 Å². The van der Waals surface area contributed by atoms with Crippen molar-refractivity contribution in [3.8, 4) is 0 Å². The minimum atomic E-state index is -4.98. The quantitative estimate of drug-likeness (QED) is 0.643. The molecule has 0 aliphatic heterocycles. The zero-order chi connectivity index (χ0) is 14.9. The minimum Gasteiger partial charge on any atom is -0.284 e. The minimum absolute atomic E-state index is 0.0810. The summed E-state index contributed by atoms with van der Waals surface area (Å²) >= 11 is 0. The number of aromatic nitrogens is 2. The number of hydrogen-bond donors (Lipinski definition) is 0. The number of carbonyl (C=O) groups is 1. The second-order valence-corrected chi connectivity index (χ2v) is 4.00. The molecule has 1 aromatic heterocycles. The van der Waals surface area contributed by atoms with Gasteiger partial charge < -0.3 is 0 Å². The first-order chi connectivity index (χ1) is 9.27. The highest BCUT2D eigenvalue weighted by molar-refractivity contribution is 5.99. The van der Waals surface area contributed by atoms with Gasteiger partial charge in [0.2, 0.25) is 0 Å². The highest BCUT2D eigenvalue weighted by atomic mass is 19.4. The molecular weight excluding hydrogens is 283 g/mol. The summed E-state index contributed by atoms with van der Waals surface area (Å²) in [6.07, 6.45) is -3.30. The van der Waals surface area contributed by atoms with E-state index in [9.17, 15) is 26.7 Å². The first kappa shape index (κ1) is 14.2. The SMILES string of the molecule is O=C(c1cnn(Cc2ccc(F)c(F)c2)c1)C(F)(F)F. The molecule has 8 heteroatoms. The molecule has 1 heterocycles. The molecule has 0 N–H and O–H groups in total. The number of nitrogens with zero attached hydrogens (tertiary/aromatic N) is 2. The molecule has 20 heavy (non-hydrogen) atoms. The van der Waals surface area contributed by atoms with Crippen LogP contribution >= 0.6 is 0 Å². The van der Waals surface area contributed by atoms with E-state index in [0.29, 0.717) is 5.56 Å². The van der Waals surface area contributed by atoms with Gasteiger partial charge in [-0.2, -0.15) is 18.3 Å². The largest absolute Gasteiger partial charge is 0.454 e. The maximum Gasteiger partial charge on any atom is 0.454 e. The van der Waals surface area contributed by atoms with E-state index in [1.54, 1.807) is 0 Å². The molecule has 0 aliphatic carbocycles. The Hall–Kier alpha value is -2.25. The molecule has 0 saturated heterocycles. The summed E-state index contributed by atoms with van der Waals surface area (Å²) in [4.78, 5) is 10.9. The summed E-state index contributed by atoms with van der Waals surface area (Å²) in [6, 6.07) is 3.07. The number of rotatable bonds is 3. The van der Waals surface area contributed by atoms with Crippen LogP contribution in [0.1, 0.15) is 15.9 Å². The van der Waals surface area contributed by atoms with Gasteiger partial charge in [0, 0.05) is 6.20 Å². The average molecular weight is 290 g/mol. The van der Waals surface area contributed by atoms with E-state index in [2.05, 4.69) is 5.10 Å². The lowest BCUT2D eigenvalue weighted by molar-refractivity contribution is -0.0885. The van der Waals surface area contributed by atoms with Crippen LogP contribution in [0.4, 0.5) is 22.0 Å². The van der Waals surface area contributed by atoms with Gasteiger partial charge in [-0.15, -0.1) is 0 Å². The molecule has 0 fully saturated rings. The van der Waals surface area contributed by atoms with Crippen molar-refractivity contribution < 1.29 is 26.7 Å². The number of ketones is 1. The molecule has 2 aromatic rings. The Morgan fingerprint density at radius 1 is 1.20 bits per heavy atom. The molecule has 0 unspecified atom stereocenters. The first-order valence-corrected chi connectivity index (χ1v) is 5.35. The van der Waals surface area contributed by atoms with Crippen molar-refractivity contribution >= 4 is 5.78 Å². The maximum absolute atomic E-state index is 13.0. The Morgan fingerprint density at radius 2 is 1.90 bits per heavy atom. The van der Waals surface area contributed by atoms with Crippen molar-refractivity contribution in [1.82, 2.24) is 9.78 Å². The van der Waals surface area contributed by atoms with E-state index in [0.717, 1.165) is 29.2 Å². The Bertz CT molecular complexity index is 648. The third kappa shape index (κ3) is 3.01. The van der Waals surface area contributed by atoms with Crippen molar-refractivity contribution in [1.29, 1.82) is 0 Å². The zero-order valence-corrected chi connectivity index (χ0v) is 9.79. The fourth-order valence-corrected chi connectivity index (χ4v) is 1.56. The molecule has 0 atom stereocenters. The lowest BCUT2D eigenvalue weighted by Crippen LogP contribution is -2.22. The van der Waals surface area contributed by atoms with Crippen molar-refractivity contribution in [3.63, 3.8) is 0 Å². The fraction of sp³-hybridized carbons (Fsp3) is 0.167. The van der Waals surface area contributed by atoms with Crippen LogP contribution < -0.4 is 0 Å². The maximum atomic E-state index is 13.0. The van der Waals surface area contributed by atoms with Crippen LogP contribution in [0.3, 0.4) is 0 Å². The third-order valence-corrected chi connectivity index (χ3v) is 2.48. The molecule has 0 radical (unpaired) electrons. The Balaban J connectivity index is 2.17. The molecule has 0 aliphatic rings. The van der Waals surface area contributed by atoms with Gasteiger partial charge in [0.15, 0.2) is 11.6 Å². The van der Waals surface area contributed by atoms with Gasteiger partial charge in [-0.05, 0) is 17.7 Å². The molecule has 1 aromatic carbocycles. The highest BCUT2D eigenvalue weighted by Crippen LogP contribution is 2.21. The van der Waals surface area contributed by atoms with Crippen LogP contribution in [-0.4, -0.2) is 21.7 Å². The summed E-state index contributed by atoms with van der Waals surface area (Å²) in [6.45, 7) is -0.0810. The van der Waals surface area contributed by atoms with E-state index >= 15 is 0 Å². The summed E-state index contributed by atoms with van der Waals surface area (Å²) in [5.41, 5.74) is -0.307. The molecule has 106 valence electrons. The van der Waals surface area contributed by atoms with E-state index in [1.165, 1.54) is 6.07 Å². The number of alkyl halides is 3. The number of Topliss-reactive ketones (excluding diaryl/α,β-unsaturated/α-hetero) is 1. The van der Waals surface area contributed by atoms with E-state index in [4.69, 9.17) is 0 Å². The van der Waals surface area contributed by atoms with Gasteiger partial charge in [0.1, 0.15) is 0 Å². The van der Waals surface area contributed by atoms with Crippen LogP contribution in [0.25, 0.3) is 0 Å². The number of benzene rings is 1. The van der Waals surface area contributed by atoms with Crippen molar-refractivity contribution in [2.75, 3.05) is 0 Å². The number of carbonyl (C=O) groups excluding carboxylic acids is 1. The standard InChI is InChI=1S/C12H7F5N2O/c13-9-2-1-7(3-10(9)14)5-19-6-8(4-18-19)11(20)12(15,16)17/h1-4,6H,5H2. The second kappa shape index (κ2) is 5.03.